The number of hydrogen-bond acceptors (Lipinski definition) is 1. The summed E-state index contributed by atoms with van der Waals surface area (Å²) in [5, 5.41) is 0. The minimum absolute atomic E-state index is 0.279. The van der Waals surface area contributed by atoms with E-state index in [1.54, 1.807) is 0 Å². The highest BCUT2D eigenvalue weighted by Crippen LogP contribution is 2.03. The second-order valence-corrected chi connectivity index (χ2v) is 3.44. The van der Waals surface area contributed by atoms with E-state index in [1.165, 1.54) is 12.8 Å². The van der Waals surface area contributed by atoms with E-state index in [-0.39, 0.29) is 5.91 Å². The van der Waals surface area contributed by atoms with E-state index < -0.39 is 0 Å². The van der Waals surface area contributed by atoms with Gasteiger partial charge in [0, 0.05) is 25.7 Å². The molecular weight excluding hydrogens is 186 g/mol. The summed E-state index contributed by atoms with van der Waals surface area (Å²) < 4.78 is 0. The number of hydrogen-bond donors (Lipinski definition) is 1. The number of carbonyl (C=O) groups is 1. The Kier molecular flexibility index (Phi) is 9.67. The van der Waals surface area contributed by atoms with Crippen LogP contribution in [-0.2, 0) is 4.79 Å². The summed E-state index contributed by atoms with van der Waals surface area (Å²) in [4.78, 5) is 10.4. The predicted octanol–water partition coefficient (Wildman–Crippen LogP) is 2.23. The predicted molar refractivity (Wildman–Crippen MR) is 62.7 cm³/mol. The molecule has 2 heteroatoms. The highest BCUT2D eigenvalue weighted by atomic mass is 16.1. The fraction of sp³-hybridized carbons (Fsp3) is 0.615. The number of rotatable bonds is 7. The monoisotopic (exact) mass is 205 g/mol. The lowest BCUT2D eigenvalue weighted by molar-refractivity contribution is -0.117. The van der Waals surface area contributed by atoms with Gasteiger partial charge in [-0.1, -0.05) is 12.8 Å². The Morgan fingerprint density at radius 1 is 1.00 bits per heavy atom. The molecule has 15 heavy (non-hydrogen) atoms. The Hall–Kier alpha value is -1.41. The Morgan fingerprint density at radius 3 is 2.20 bits per heavy atom. The molecule has 0 saturated heterocycles. The third kappa shape index (κ3) is 12.6. The molecule has 0 rings (SSSR count). The van der Waals surface area contributed by atoms with Gasteiger partial charge in [0.25, 0.3) is 0 Å². The molecule has 0 unspecified atom stereocenters. The molecule has 0 spiro atoms. The summed E-state index contributed by atoms with van der Waals surface area (Å²) in [5.74, 6) is 8.32. The summed E-state index contributed by atoms with van der Waals surface area (Å²) in [7, 11) is 0. The molecule has 0 aromatic rings. The Bertz CT molecular complexity index is 264. The quantitative estimate of drug-likeness (QED) is 0.502. The van der Waals surface area contributed by atoms with E-state index in [0.29, 0.717) is 12.8 Å². The first-order chi connectivity index (χ1) is 7.27. The number of terminal acetylenes is 1. The smallest absolute Gasteiger partial charge is 0.218 e. The molecule has 0 aromatic heterocycles. The van der Waals surface area contributed by atoms with Gasteiger partial charge in [-0.05, 0) is 12.8 Å². The maximum Gasteiger partial charge on any atom is 0.218 e. The van der Waals surface area contributed by atoms with Crippen molar-refractivity contribution in [3.05, 3.63) is 0 Å². The molecule has 0 fully saturated rings. The van der Waals surface area contributed by atoms with Crippen LogP contribution in [-0.4, -0.2) is 5.91 Å². The number of primary amides is 1. The fourth-order valence-electron chi connectivity index (χ4n) is 1.16. The first-order valence-electron chi connectivity index (χ1n) is 5.45. The second-order valence-electron chi connectivity index (χ2n) is 3.44. The minimum Gasteiger partial charge on any atom is -0.370 e. The second kappa shape index (κ2) is 10.7. The fourth-order valence-corrected chi connectivity index (χ4v) is 1.16. The van der Waals surface area contributed by atoms with Crippen LogP contribution >= 0.6 is 0 Å². The molecule has 2 nitrogen and oxygen atoms in total. The first kappa shape index (κ1) is 13.6. The lowest BCUT2D eigenvalue weighted by atomic mass is 10.1. The summed E-state index contributed by atoms with van der Waals surface area (Å²) in [6, 6.07) is 0. The summed E-state index contributed by atoms with van der Waals surface area (Å²) in [6.45, 7) is 0. The molecule has 0 aromatic carbocycles. The molecule has 0 heterocycles. The number of carbonyl (C=O) groups excluding carboxylic acids is 1. The molecule has 0 aliphatic carbocycles. The van der Waals surface area contributed by atoms with Gasteiger partial charge in [0.1, 0.15) is 0 Å². The van der Waals surface area contributed by atoms with Crippen molar-refractivity contribution in [1.82, 2.24) is 0 Å². The van der Waals surface area contributed by atoms with Crippen LogP contribution in [0.4, 0.5) is 0 Å². The van der Waals surface area contributed by atoms with E-state index in [4.69, 9.17) is 12.2 Å². The molecule has 0 aliphatic heterocycles. The maximum absolute atomic E-state index is 10.4. The van der Waals surface area contributed by atoms with Crippen molar-refractivity contribution in [2.45, 2.75) is 51.4 Å². The zero-order chi connectivity index (χ0) is 11.4. The van der Waals surface area contributed by atoms with Crippen LogP contribution in [0.1, 0.15) is 51.4 Å². The largest absolute Gasteiger partial charge is 0.370 e. The van der Waals surface area contributed by atoms with E-state index in [0.717, 1.165) is 25.7 Å². The number of nitrogens with two attached hydrogens (primary N) is 1. The van der Waals surface area contributed by atoms with Crippen molar-refractivity contribution in [3.8, 4) is 24.2 Å². The number of unbranched alkanes of at least 4 members (excludes halogenated alkanes) is 5. The van der Waals surface area contributed by atoms with Crippen molar-refractivity contribution in [1.29, 1.82) is 0 Å². The molecule has 1 amide bonds. The normalized spacial score (nSPS) is 8.73. The molecule has 82 valence electrons. The molecule has 0 bridgehead atoms. The van der Waals surface area contributed by atoms with Gasteiger partial charge < -0.3 is 5.73 Å². The van der Waals surface area contributed by atoms with Crippen LogP contribution in [0.2, 0.25) is 0 Å². The average molecular weight is 205 g/mol. The number of amides is 1. The molecule has 0 saturated carbocycles. The third-order valence-electron chi connectivity index (χ3n) is 1.99. The topological polar surface area (TPSA) is 43.1 Å². The van der Waals surface area contributed by atoms with Crippen LogP contribution in [0.5, 0.6) is 0 Å². The summed E-state index contributed by atoms with van der Waals surface area (Å²) in [6.07, 6.45) is 12.5. The van der Waals surface area contributed by atoms with Gasteiger partial charge in [0.05, 0.1) is 0 Å². The van der Waals surface area contributed by atoms with Gasteiger partial charge in [0.2, 0.25) is 5.91 Å². The van der Waals surface area contributed by atoms with E-state index in [1.807, 2.05) is 0 Å². The van der Waals surface area contributed by atoms with Crippen molar-refractivity contribution in [3.63, 3.8) is 0 Å². The van der Waals surface area contributed by atoms with E-state index in [9.17, 15) is 4.79 Å². The van der Waals surface area contributed by atoms with Crippen molar-refractivity contribution in [2.24, 2.45) is 5.73 Å². The van der Waals surface area contributed by atoms with Gasteiger partial charge in [-0.3, -0.25) is 4.79 Å². The lowest BCUT2D eigenvalue weighted by Gasteiger charge is -1.94. The van der Waals surface area contributed by atoms with Crippen molar-refractivity contribution in [2.75, 3.05) is 0 Å². The maximum atomic E-state index is 10.4. The van der Waals surface area contributed by atoms with Crippen LogP contribution in [0, 0.1) is 24.2 Å². The molecule has 0 atom stereocenters. The standard InChI is InChI=1S/C13H19NO/c1-2-3-4-5-6-7-8-9-10-11-12-13(14)15/h1H,3-8,11-12H2,(H2,14,15). The van der Waals surface area contributed by atoms with Gasteiger partial charge in [-0.15, -0.1) is 24.2 Å². The highest BCUT2D eigenvalue weighted by molar-refractivity contribution is 5.73. The lowest BCUT2D eigenvalue weighted by Crippen LogP contribution is -2.08. The van der Waals surface area contributed by atoms with Crippen molar-refractivity contribution >= 4 is 5.91 Å². The SMILES string of the molecule is C#CCCCCCCC#CCCC(N)=O. The van der Waals surface area contributed by atoms with Crippen molar-refractivity contribution < 1.29 is 4.79 Å². The highest BCUT2D eigenvalue weighted by Gasteiger charge is 1.89. The zero-order valence-corrected chi connectivity index (χ0v) is 9.22. The third-order valence-corrected chi connectivity index (χ3v) is 1.99. The van der Waals surface area contributed by atoms with E-state index >= 15 is 0 Å². The molecule has 2 N–H and O–H groups in total. The van der Waals surface area contributed by atoms with E-state index in [2.05, 4.69) is 17.8 Å². The first-order valence-corrected chi connectivity index (χ1v) is 5.45. The van der Waals surface area contributed by atoms with Gasteiger partial charge in [-0.2, -0.15) is 0 Å². The van der Waals surface area contributed by atoms with Crippen LogP contribution in [0.3, 0.4) is 0 Å². The Balaban J connectivity index is 3.16. The summed E-state index contributed by atoms with van der Waals surface area (Å²) in [5.41, 5.74) is 4.98. The average Bonchev–Trinajstić information content (AvgIpc) is 2.20. The molecular formula is C13H19NO. The zero-order valence-electron chi connectivity index (χ0n) is 9.22. The summed E-state index contributed by atoms with van der Waals surface area (Å²) >= 11 is 0. The molecule has 0 aliphatic rings. The Morgan fingerprint density at radius 2 is 1.60 bits per heavy atom. The van der Waals surface area contributed by atoms with Crippen LogP contribution in [0.25, 0.3) is 0 Å². The Labute approximate surface area is 92.6 Å². The van der Waals surface area contributed by atoms with Crippen LogP contribution in [0.15, 0.2) is 0 Å². The van der Waals surface area contributed by atoms with Gasteiger partial charge >= 0.3 is 0 Å². The minimum atomic E-state index is -0.279. The van der Waals surface area contributed by atoms with Crippen LogP contribution < -0.4 is 5.73 Å². The van der Waals surface area contributed by atoms with Gasteiger partial charge in [-0.25, -0.2) is 0 Å². The molecule has 0 radical (unpaired) electrons. The van der Waals surface area contributed by atoms with Gasteiger partial charge in [0.15, 0.2) is 0 Å².